The molecular formula is C34H34F3N5O4. The minimum absolute atomic E-state index is 0.0201. The van der Waals surface area contributed by atoms with E-state index in [0.717, 1.165) is 17.5 Å². The molecule has 1 aliphatic carbocycles. The van der Waals surface area contributed by atoms with Crippen molar-refractivity contribution >= 4 is 23.5 Å². The van der Waals surface area contributed by atoms with E-state index in [9.17, 15) is 27.6 Å². The molecular weight excluding hydrogens is 599 g/mol. The van der Waals surface area contributed by atoms with E-state index in [0.29, 0.717) is 22.8 Å². The Hall–Kier alpha value is -4.97. The zero-order chi connectivity index (χ0) is 33.3. The van der Waals surface area contributed by atoms with Crippen LogP contribution in [0, 0.1) is 5.92 Å². The molecule has 0 radical (unpaired) electrons. The summed E-state index contributed by atoms with van der Waals surface area (Å²) in [7, 11) is 0. The molecule has 1 heterocycles. The Balaban J connectivity index is 1.44. The topological polar surface area (TPSA) is 128 Å². The molecule has 3 aromatic carbocycles. The molecule has 0 saturated heterocycles. The number of carbonyl (C=O) groups is 3. The number of hydrogen-bond acceptors (Lipinski definition) is 6. The molecule has 0 bridgehead atoms. The highest BCUT2D eigenvalue weighted by Gasteiger charge is 2.45. The minimum Gasteiger partial charge on any atom is -0.444 e. The summed E-state index contributed by atoms with van der Waals surface area (Å²) in [6, 6.07) is 22.2. The first-order valence-corrected chi connectivity index (χ1v) is 14.7. The van der Waals surface area contributed by atoms with Crippen LogP contribution >= 0.6 is 0 Å². The molecule has 1 aromatic heterocycles. The van der Waals surface area contributed by atoms with E-state index in [-0.39, 0.29) is 35.3 Å². The van der Waals surface area contributed by atoms with E-state index in [1.807, 2.05) is 6.07 Å². The first-order valence-electron chi connectivity index (χ1n) is 14.7. The third-order valence-corrected chi connectivity index (χ3v) is 7.37. The van der Waals surface area contributed by atoms with Gasteiger partial charge in [0.2, 0.25) is 0 Å². The quantitative estimate of drug-likeness (QED) is 0.197. The second kappa shape index (κ2) is 12.4. The van der Waals surface area contributed by atoms with Gasteiger partial charge in [-0.15, -0.1) is 0 Å². The molecule has 12 heteroatoms. The van der Waals surface area contributed by atoms with Crippen LogP contribution in [0.25, 0.3) is 5.69 Å². The van der Waals surface area contributed by atoms with E-state index in [2.05, 4.69) is 15.7 Å². The predicted molar refractivity (Wildman–Crippen MR) is 165 cm³/mol. The van der Waals surface area contributed by atoms with Gasteiger partial charge in [-0.1, -0.05) is 54.6 Å². The summed E-state index contributed by atoms with van der Waals surface area (Å²) < 4.78 is 47.5. The zero-order valence-electron chi connectivity index (χ0n) is 25.5. The highest BCUT2D eigenvalue weighted by Crippen LogP contribution is 2.40. The van der Waals surface area contributed by atoms with Crippen molar-refractivity contribution in [3.8, 4) is 5.69 Å². The lowest BCUT2D eigenvalue weighted by molar-refractivity contribution is -0.141. The minimum atomic E-state index is -4.83. The van der Waals surface area contributed by atoms with Gasteiger partial charge in [0, 0.05) is 24.2 Å². The number of carbonyl (C=O) groups excluding carboxylic acids is 3. The number of rotatable bonds is 9. The predicted octanol–water partition coefficient (Wildman–Crippen LogP) is 6.35. The van der Waals surface area contributed by atoms with Crippen molar-refractivity contribution < 1.29 is 32.3 Å². The molecule has 1 fully saturated rings. The number of halogens is 3. The molecule has 9 nitrogen and oxygen atoms in total. The fourth-order valence-electron chi connectivity index (χ4n) is 5.02. The lowest BCUT2D eigenvalue weighted by Crippen LogP contribution is -2.47. The van der Waals surface area contributed by atoms with Gasteiger partial charge in [-0.25, -0.2) is 9.48 Å². The van der Waals surface area contributed by atoms with Crippen LogP contribution in [0.15, 0.2) is 84.9 Å². The molecule has 2 amide bonds. The Morgan fingerprint density at radius 1 is 0.913 bits per heavy atom. The number of anilines is 1. The normalized spacial score (nSPS) is 14.7. The molecule has 1 aliphatic rings. The number of nitrogens with two attached hydrogens (primary N) is 1. The Morgan fingerprint density at radius 3 is 2.24 bits per heavy atom. The van der Waals surface area contributed by atoms with Crippen LogP contribution < -0.4 is 16.4 Å². The summed E-state index contributed by atoms with van der Waals surface area (Å²) >= 11 is 0. The largest absolute Gasteiger partial charge is 0.444 e. The summed E-state index contributed by atoms with van der Waals surface area (Å²) in [5.41, 5.74) is 4.95. The SMILES string of the molecule is CC(C)(C)OC(=O)NCc1cccc(-n2nc(C(F)(F)F)cc2C(=O)Nc2cccc(C(N)(C(=O)C3CC3)c3ccccc3)c2)c1. The van der Waals surface area contributed by atoms with Gasteiger partial charge in [0.25, 0.3) is 5.91 Å². The van der Waals surface area contributed by atoms with E-state index in [1.54, 1.807) is 81.4 Å². The van der Waals surface area contributed by atoms with Gasteiger partial charge >= 0.3 is 12.3 Å². The second-order valence-corrected chi connectivity index (χ2v) is 12.2. The highest BCUT2D eigenvalue weighted by molar-refractivity contribution is 6.04. The third-order valence-electron chi connectivity index (χ3n) is 7.37. The van der Waals surface area contributed by atoms with Crippen LogP contribution in [0.3, 0.4) is 0 Å². The third kappa shape index (κ3) is 7.28. The van der Waals surface area contributed by atoms with Crippen molar-refractivity contribution in [1.82, 2.24) is 15.1 Å². The molecule has 4 aromatic rings. The molecule has 1 saturated carbocycles. The number of alkyl halides is 3. The summed E-state index contributed by atoms with van der Waals surface area (Å²) in [6.07, 6.45) is -4.00. The smallest absolute Gasteiger partial charge is 0.435 e. The Kier molecular flexibility index (Phi) is 8.76. The van der Waals surface area contributed by atoms with Gasteiger partial charge in [-0.3, -0.25) is 9.59 Å². The molecule has 240 valence electrons. The van der Waals surface area contributed by atoms with Crippen LogP contribution in [-0.2, 0) is 27.8 Å². The highest BCUT2D eigenvalue weighted by atomic mass is 19.4. The fraction of sp³-hybridized carbons (Fsp3) is 0.294. The fourth-order valence-corrected chi connectivity index (χ4v) is 5.02. The van der Waals surface area contributed by atoms with E-state index in [4.69, 9.17) is 10.5 Å². The number of ketones is 1. The van der Waals surface area contributed by atoms with Gasteiger partial charge in [0.05, 0.1) is 5.69 Å². The van der Waals surface area contributed by atoms with Crippen molar-refractivity contribution in [3.63, 3.8) is 0 Å². The number of alkyl carbamates (subject to hydrolysis) is 1. The number of Topliss-reactive ketones (excluding diaryl/α,β-unsaturated/α-hetero) is 1. The average molecular weight is 634 g/mol. The van der Waals surface area contributed by atoms with Crippen LogP contribution in [0.5, 0.6) is 0 Å². The molecule has 46 heavy (non-hydrogen) atoms. The lowest BCUT2D eigenvalue weighted by Gasteiger charge is -2.30. The van der Waals surface area contributed by atoms with Gasteiger partial charge in [0.1, 0.15) is 16.8 Å². The van der Waals surface area contributed by atoms with Gasteiger partial charge < -0.3 is 21.1 Å². The first kappa shape index (κ1) is 32.4. The van der Waals surface area contributed by atoms with Crippen molar-refractivity contribution in [2.45, 2.75) is 57.5 Å². The van der Waals surface area contributed by atoms with E-state index in [1.165, 1.54) is 12.1 Å². The molecule has 5 rings (SSSR count). The number of nitrogens with zero attached hydrogens (tertiary/aromatic N) is 2. The maximum absolute atomic E-state index is 13.8. The van der Waals surface area contributed by atoms with Gasteiger partial charge in [-0.2, -0.15) is 18.3 Å². The number of amides is 2. The monoisotopic (exact) mass is 633 g/mol. The van der Waals surface area contributed by atoms with Crippen LogP contribution in [0.2, 0.25) is 0 Å². The summed E-state index contributed by atoms with van der Waals surface area (Å²) in [5.74, 6) is -1.18. The van der Waals surface area contributed by atoms with E-state index >= 15 is 0 Å². The van der Waals surface area contributed by atoms with Crippen LogP contribution in [0.1, 0.15) is 66.5 Å². The summed E-state index contributed by atoms with van der Waals surface area (Å²) in [6.45, 7) is 5.17. The van der Waals surface area contributed by atoms with Crippen LogP contribution in [-0.4, -0.2) is 33.2 Å². The van der Waals surface area contributed by atoms with Gasteiger partial charge in [0.15, 0.2) is 11.5 Å². The Morgan fingerprint density at radius 2 is 1.59 bits per heavy atom. The molecule has 1 atom stereocenters. The number of ether oxygens (including phenoxy) is 1. The van der Waals surface area contributed by atoms with Gasteiger partial charge in [-0.05, 0) is 74.6 Å². The lowest BCUT2D eigenvalue weighted by atomic mass is 9.78. The maximum atomic E-state index is 13.8. The molecule has 4 N–H and O–H groups in total. The maximum Gasteiger partial charge on any atom is 0.435 e. The number of aromatic nitrogens is 2. The number of hydrogen-bond donors (Lipinski definition) is 3. The van der Waals surface area contributed by atoms with Crippen molar-refractivity contribution in [2.75, 3.05) is 5.32 Å². The average Bonchev–Trinajstić information content (AvgIpc) is 3.75. The van der Waals surface area contributed by atoms with Crippen LogP contribution in [0.4, 0.5) is 23.7 Å². The first-order chi connectivity index (χ1) is 21.6. The summed E-state index contributed by atoms with van der Waals surface area (Å²) in [4.78, 5) is 39.1. The molecule has 1 unspecified atom stereocenters. The van der Waals surface area contributed by atoms with Crippen molar-refractivity contribution in [1.29, 1.82) is 0 Å². The number of nitrogens with one attached hydrogen (secondary N) is 2. The second-order valence-electron chi connectivity index (χ2n) is 12.2. The Bertz CT molecular complexity index is 1760. The standard InChI is InChI=1S/C34H34F3N5O4/c1-32(2,3)46-31(45)39-20-21-9-7-14-26(17-21)42-27(19-28(41-42)34(35,36)37)30(44)40-25-13-8-12-24(18-25)33(38,29(43)22-15-16-22)23-10-5-4-6-11-23/h4-14,17-19,22H,15-16,20,38H2,1-3H3,(H,39,45)(H,40,44). The van der Waals surface area contributed by atoms with Crippen molar-refractivity contribution in [3.05, 3.63) is 113 Å². The number of benzene rings is 3. The zero-order valence-corrected chi connectivity index (χ0v) is 25.5. The molecule has 0 aliphatic heterocycles. The molecule has 0 spiro atoms. The summed E-state index contributed by atoms with van der Waals surface area (Å²) in [5, 5.41) is 8.95. The Labute approximate surface area is 263 Å². The van der Waals surface area contributed by atoms with E-state index < -0.39 is 35.0 Å². The van der Waals surface area contributed by atoms with Crippen molar-refractivity contribution in [2.24, 2.45) is 11.7 Å².